The molecule has 18 nitrogen and oxygen atoms in total. The van der Waals surface area contributed by atoms with Crippen LogP contribution in [0.2, 0.25) is 0 Å². The molecule has 0 spiro atoms. The molecule has 0 rings (SSSR count). The van der Waals surface area contributed by atoms with Crippen molar-refractivity contribution in [3.8, 4) is 0 Å². The fourth-order valence-corrected chi connectivity index (χ4v) is 0.971. The summed E-state index contributed by atoms with van der Waals surface area (Å²) in [4.78, 5) is 55.5. The van der Waals surface area contributed by atoms with Crippen LogP contribution in [-0.4, -0.2) is 137 Å². The molecule has 0 aliphatic rings. The van der Waals surface area contributed by atoms with E-state index in [1.54, 1.807) is 0 Å². The van der Waals surface area contributed by atoms with Crippen molar-refractivity contribution in [1.29, 1.82) is 0 Å². The van der Waals surface area contributed by atoms with Gasteiger partial charge in [-0.25, -0.2) is 28.8 Å². The van der Waals surface area contributed by atoms with Crippen LogP contribution in [0.1, 0.15) is 26.7 Å². The lowest BCUT2D eigenvalue weighted by Gasteiger charge is -2.24. The molecular weight excluding hydrogens is 648 g/mol. The van der Waals surface area contributed by atoms with Gasteiger partial charge in [-0.05, 0) is 12.8 Å². The molecule has 0 heterocycles. The summed E-state index contributed by atoms with van der Waals surface area (Å²) in [5.41, 5.74) is -1.33. The molecule has 0 bridgehead atoms. The van der Waals surface area contributed by atoms with Crippen molar-refractivity contribution >= 4 is 35.8 Å². The monoisotopic (exact) mass is 700 g/mol. The summed E-state index contributed by atoms with van der Waals surface area (Å²) in [5, 5.41) is 97.6. The first kappa shape index (κ1) is 61.9. The van der Waals surface area contributed by atoms with Crippen LogP contribution in [0.25, 0.3) is 0 Å². The van der Waals surface area contributed by atoms with E-state index < -0.39 is 46.6 Å². The molecule has 0 saturated heterocycles. The summed E-state index contributed by atoms with van der Waals surface area (Å²) >= 11 is 0. The summed E-state index contributed by atoms with van der Waals surface area (Å²) in [7, 11) is 0. The number of aliphatic hydroxyl groups is 6. The van der Waals surface area contributed by atoms with E-state index in [9.17, 15) is 28.8 Å². The van der Waals surface area contributed by atoms with Crippen LogP contribution in [-0.2, 0) is 28.8 Å². The summed E-state index contributed by atoms with van der Waals surface area (Å²) in [6.07, 6.45) is 6.19. The minimum atomic E-state index is -0.981. The second-order valence-corrected chi connectivity index (χ2v) is 7.91. The molecule has 0 aliphatic carbocycles. The number of hydrogen-bond donors (Lipinski definition) is 12. The van der Waals surface area contributed by atoms with E-state index in [-0.39, 0.29) is 39.6 Å². The van der Waals surface area contributed by atoms with Crippen molar-refractivity contribution in [1.82, 2.24) is 0 Å². The summed E-state index contributed by atoms with van der Waals surface area (Å²) in [6, 6.07) is 0. The number of rotatable bonds is 14. The average Bonchev–Trinajstić information content (AvgIpc) is 3.09. The van der Waals surface area contributed by atoms with E-state index in [1.807, 2.05) is 13.8 Å². The third-order valence-electron chi connectivity index (χ3n) is 4.56. The van der Waals surface area contributed by atoms with Gasteiger partial charge >= 0.3 is 35.8 Å². The molecule has 0 aromatic heterocycles. The second-order valence-electron chi connectivity index (χ2n) is 7.91. The molecule has 0 atom stereocenters. The molecule has 0 saturated carbocycles. The van der Waals surface area contributed by atoms with Gasteiger partial charge in [-0.3, -0.25) is 0 Å². The van der Waals surface area contributed by atoms with Crippen molar-refractivity contribution in [3.63, 3.8) is 0 Å². The Kier molecular flexibility index (Phi) is 59.9. The number of aliphatic carboxylic acids is 6. The highest BCUT2D eigenvalue weighted by Crippen LogP contribution is 2.18. The highest BCUT2D eigenvalue weighted by molar-refractivity contribution is 5.80. The van der Waals surface area contributed by atoms with Gasteiger partial charge in [-0.2, -0.15) is 0 Å². The summed E-state index contributed by atoms with van der Waals surface area (Å²) in [5.74, 6) is -5.89. The number of carboxylic acids is 6. The Bertz CT molecular complexity index is 722. The third-order valence-corrected chi connectivity index (χ3v) is 4.56. The van der Waals surface area contributed by atoms with E-state index in [0.29, 0.717) is 12.8 Å². The predicted molar refractivity (Wildman–Crippen MR) is 175 cm³/mol. The molecular formula is C30H52O18. The quantitative estimate of drug-likeness (QED) is 0.108. The zero-order valence-corrected chi connectivity index (χ0v) is 27.2. The predicted octanol–water partition coefficient (Wildman–Crippen LogP) is 0.261. The average molecular weight is 701 g/mol. The first-order chi connectivity index (χ1) is 22.1. The fourth-order valence-electron chi connectivity index (χ4n) is 0.971. The Morgan fingerprint density at radius 1 is 0.375 bits per heavy atom. The van der Waals surface area contributed by atoms with E-state index in [1.165, 1.54) is 0 Å². The van der Waals surface area contributed by atoms with Gasteiger partial charge < -0.3 is 61.3 Å². The van der Waals surface area contributed by atoms with Crippen molar-refractivity contribution in [3.05, 3.63) is 75.9 Å². The first-order valence-electron chi connectivity index (χ1n) is 12.9. The number of aliphatic hydroxyl groups excluding tert-OH is 6. The Labute approximate surface area is 279 Å². The fraction of sp³-hybridized carbons (Fsp3) is 0.400. The van der Waals surface area contributed by atoms with Gasteiger partial charge in [-0.15, -0.1) is 0 Å². The Morgan fingerprint density at radius 3 is 0.458 bits per heavy atom. The van der Waals surface area contributed by atoms with Gasteiger partial charge in [0.15, 0.2) is 0 Å². The highest BCUT2D eigenvalue weighted by Gasteiger charge is 2.25. The van der Waals surface area contributed by atoms with Gasteiger partial charge in [0, 0.05) is 47.3 Å². The summed E-state index contributed by atoms with van der Waals surface area (Å²) in [6.45, 7) is 20.5. The van der Waals surface area contributed by atoms with Gasteiger partial charge in [0.1, 0.15) is 0 Å². The number of carboxylic acid groups (broad SMARTS) is 6. The highest BCUT2D eigenvalue weighted by atomic mass is 16.4. The van der Waals surface area contributed by atoms with Crippen LogP contribution in [0.4, 0.5) is 0 Å². The van der Waals surface area contributed by atoms with Crippen molar-refractivity contribution in [2.24, 2.45) is 10.8 Å². The second kappa shape index (κ2) is 46.4. The smallest absolute Gasteiger partial charge is 0.327 e. The molecule has 48 heavy (non-hydrogen) atoms. The van der Waals surface area contributed by atoms with Crippen LogP contribution < -0.4 is 0 Å². The lowest BCUT2D eigenvalue weighted by atomic mass is 9.88. The zero-order chi connectivity index (χ0) is 40.4. The maximum Gasteiger partial charge on any atom is 0.327 e. The van der Waals surface area contributed by atoms with Crippen LogP contribution in [0, 0.1) is 10.8 Å². The Balaban J connectivity index is -0.0000000646. The normalized spacial score (nSPS) is 8.50. The molecule has 0 aromatic rings. The topological polar surface area (TPSA) is 345 Å². The van der Waals surface area contributed by atoms with E-state index in [0.717, 1.165) is 36.5 Å². The van der Waals surface area contributed by atoms with Crippen molar-refractivity contribution in [2.45, 2.75) is 26.7 Å². The van der Waals surface area contributed by atoms with Crippen LogP contribution in [0.5, 0.6) is 0 Å². The maximum absolute atomic E-state index is 9.25. The SMILES string of the molecule is C=CC(=O)O.C=CC(=O)O.C=CC(=O)O.C=CC(=O)O.C=CC(=O)O.C=CC(=O)O.CCC(CO)(CO)CO.CCC(CO)(CO)CO. The largest absolute Gasteiger partial charge is 0.478 e. The minimum absolute atomic E-state index is 0.156. The Hall–Kier alpha value is -4.98. The molecule has 0 aliphatic heterocycles. The zero-order valence-electron chi connectivity index (χ0n) is 27.2. The number of hydrogen-bond acceptors (Lipinski definition) is 12. The van der Waals surface area contributed by atoms with Crippen molar-refractivity contribution in [2.75, 3.05) is 39.6 Å². The molecule has 0 radical (unpaired) electrons. The first-order valence-corrected chi connectivity index (χ1v) is 12.9. The van der Waals surface area contributed by atoms with Gasteiger partial charge in [0.05, 0.1) is 39.6 Å². The molecule has 0 fully saturated rings. The number of carbonyl (C=O) groups is 6. The van der Waals surface area contributed by atoms with E-state index >= 15 is 0 Å². The molecule has 12 N–H and O–H groups in total. The molecule has 0 aromatic carbocycles. The lowest BCUT2D eigenvalue weighted by Crippen LogP contribution is -2.32. The van der Waals surface area contributed by atoms with Crippen LogP contribution in [0.3, 0.4) is 0 Å². The van der Waals surface area contributed by atoms with Gasteiger partial charge in [-0.1, -0.05) is 53.3 Å². The van der Waals surface area contributed by atoms with Crippen LogP contribution in [0.15, 0.2) is 75.9 Å². The Morgan fingerprint density at radius 2 is 0.458 bits per heavy atom. The minimum Gasteiger partial charge on any atom is -0.478 e. The maximum atomic E-state index is 9.25. The van der Waals surface area contributed by atoms with Crippen LogP contribution >= 0.6 is 0 Å². The van der Waals surface area contributed by atoms with Crippen molar-refractivity contribution < 1.29 is 90.0 Å². The van der Waals surface area contributed by atoms with E-state index in [2.05, 4.69) is 39.5 Å². The molecule has 0 unspecified atom stereocenters. The summed E-state index contributed by atoms with van der Waals surface area (Å²) < 4.78 is 0. The molecule has 280 valence electrons. The molecule has 18 heteroatoms. The standard InChI is InChI=1S/2C6H14O3.6C3H4O2/c2*1-2-6(3-7,4-8)5-9;6*1-2-3(4)5/h2*7-9H,2-5H2,1H3;6*2H,1H2,(H,4,5). The third kappa shape index (κ3) is 68.3. The lowest BCUT2D eigenvalue weighted by molar-refractivity contribution is -0.132. The van der Waals surface area contributed by atoms with E-state index in [4.69, 9.17) is 61.3 Å². The van der Waals surface area contributed by atoms with Gasteiger partial charge in [0.2, 0.25) is 0 Å². The molecule has 0 amide bonds. The van der Waals surface area contributed by atoms with Gasteiger partial charge in [0.25, 0.3) is 0 Å².